The largest absolute Gasteiger partial charge is 0.476 e. The highest BCUT2D eigenvalue weighted by Crippen LogP contribution is 2.27. The molecule has 6 heteroatoms. The smallest absolute Gasteiger partial charge is 0.297 e. The number of amides is 1. The first-order valence-corrected chi connectivity index (χ1v) is 6.15. The molecule has 0 fully saturated rings. The Morgan fingerprint density at radius 2 is 2.47 bits per heavy atom. The van der Waals surface area contributed by atoms with Crippen LogP contribution < -0.4 is 9.64 Å². The van der Waals surface area contributed by atoms with Gasteiger partial charge in [-0.1, -0.05) is 0 Å². The monoisotopic (exact) mass is 259 g/mol. The first-order valence-electron chi connectivity index (χ1n) is 6.15. The Morgan fingerprint density at radius 1 is 1.58 bits per heavy atom. The van der Waals surface area contributed by atoms with Gasteiger partial charge in [0, 0.05) is 19.2 Å². The molecule has 0 unspecified atom stereocenters. The van der Waals surface area contributed by atoms with E-state index in [-0.39, 0.29) is 11.7 Å². The summed E-state index contributed by atoms with van der Waals surface area (Å²) in [5.74, 6) is 0.293. The van der Waals surface area contributed by atoms with Gasteiger partial charge in [-0.05, 0) is 24.2 Å². The van der Waals surface area contributed by atoms with Crippen LogP contribution in [-0.2, 0) is 6.42 Å². The fourth-order valence-corrected chi connectivity index (χ4v) is 2.13. The molecule has 19 heavy (non-hydrogen) atoms. The maximum Gasteiger partial charge on any atom is 0.297 e. The third-order valence-corrected chi connectivity index (χ3v) is 2.97. The topological polar surface area (TPSA) is 68.5 Å². The quantitative estimate of drug-likeness (QED) is 0.838. The Balaban J connectivity index is 1.85. The molecule has 1 amide bonds. The maximum absolute atomic E-state index is 12.3. The van der Waals surface area contributed by atoms with E-state index in [1.54, 1.807) is 11.1 Å². The van der Waals surface area contributed by atoms with Crippen molar-refractivity contribution in [3.63, 3.8) is 0 Å². The van der Waals surface area contributed by atoms with Crippen molar-refractivity contribution in [2.45, 2.75) is 13.3 Å². The second-order valence-corrected chi connectivity index (χ2v) is 4.14. The van der Waals surface area contributed by atoms with Crippen molar-refractivity contribution >= 4 is 11.6 Å². The highest BCUT2D eigenvalue weighted by Gasteiger charge is 2.28. The number of ether oxygens (including phenoxy) is 1. The lowest BCUT2D eigenvalue weighted by Gasteiger charge is -2.14. The van der Waals surface area contributed by atoms with Gasteiger partial charge >= 0.3 is 0 Å². The van der Waals surface area contributed by atoms with Gasteiger partial charge in [0.15, 0.2) is 0 Å². The van der Waals surface area contributed by atoms with Crippen LogP contribution in [0.15, 0.2) is 28.9 Å². The molecule has 2 aromatic heterocycles. The van der Waals surface area contributed by atoms with Gasteiger partial charge in [0.1, 0.15) is 0 Å². The van der Waals surface area contributed by atoms with Gasteiger partial charge in [0.05, 0.1) is 24.1 Å². The summed E-state index contributed by atoms with van der Waals surface area (Å²) >= 11 is 0. The van der Waals surface area contributed by atoms with Crippen LogP contribution in [-0.4, -0.2) is 29.2 Å². The highest BCUT2D eigenvalue weighted by molar-refractivity contribution is 6.05. The van der Waals surface area contributed by atoms with E-state index in [4.69, 9.17) is 9.26 Å². The first-order chi connectivity index (χ1) is 9.29. The van der Waals surface area contributed by atoms with Crippen molar-refractivity contribution in [3.05, 3.63) is 35.9 Å². The molecule has 0 aromatic carbocycles. The molecule has 0 atom stereocenters. The molecule has 0 bridgehead atoms. The molecular weight excluding hydrogens is 246 g/mol. The van der Waals surface area contributed by atoms with E-state index in [0.29, 0.717) is 19.0 Å². The van der Waals surface area contributed by atoms with Crippen LogP contribution in [0.1, 0.15) is 23.2 Å². The summed E-state index contributed by atoms with van der Waals surface area (Å²) in [5.41, 5.74) is 1.77. The van der Waals surface area contributed by atoms with Crippen molar-refractivity contribution in [3.8, 4) is 5.88 Å². The van der Waals surface area contributed by atoms with Gasteiger partial charge in [0.2, 0.25) is 5.76 Å². The first kappa shape index (κ1) is 11.7. The lowest BCUT2D eigenvalue weighted by molar-refractivity contribution is 0.0953. The van der Waals surface area contributed by atoms with Gasteiger partial charge in [0.25, 0.3) is 11.8 Å². The fraction of sp³-hybridized carbons (Fsp3) is 0.308. The van der Waals surface area contributed by atoms with E-state index in [1.165, 1.54) is 6.07 Å². The van der Waals surface area contributed by atoms with Crippen LogP contribution in [0.3, 0.4) is 0 Å². The fourth-order valence-electron chi connectivity index (χ4n) is 2.13. The van der Waals surface area contributed by atoms with Crippen LogP contribution in [0.5, 0.6) is 5.88 Å². The summed E-state index contributed by atoms with van der Waals surface area (Å²) in [7, 11) is 0. The molecule has 0 saturated heterocycles. The number of pyridine rings is 1. The zero-order valence-electron chi connectivity index (χ0n) is 10.5. The minimum atomic E-state index is -0.217. The summed E-state index contributed by atoms with van der Waals surface area (Å²) in [6.45, 7) is 2.94. The van der Waals surface area contributed by atoms with Crippen LogP contribution in [0.2, 0.25) is 0 Å². The average molecular weight is 259 g/mol. The number of aromatic nitrogens is 2. The summed E-state index contributed by atoms with van der Waals surface area (Å²) in [5, 5.41) is 3.69. The Hall–Kier alpha value is -2.37. The number of hydrogen-bond donors (Lipinski definition) is 0. The molecule has 3 heterocycles. The Labute approximate surface area is 110 Å². The zero-order chi connectivity index (χ0) is 13.2. The number of anilines is 1. The van der Waals surface area contributed by atoms with E-state index >= 15 is 0 Å². The second kappa shape index (κ2) is 4.72. The van der Waals surface area contributed by atoms with Gasteiger partial charge < -0.3 is 14.2 Å². The van der Waals surface area contributed by atoms with Gasteiger partial charge in [-0.2, -0.15) is 0 Å². The third-order valence-electron chi connectivity index (χ3n) is 2.97. The van der Waals surface area contributed by atoms with Gasteiger partial charge in [-0.3, -0.25) is 9.78 Å². The molecule has 0 radical (unpaired) electrons. The maximum atomic E-state index is 12.3. The summed E-state index contributed by atoms with van der Waals surface area (Å²) < 4.78 is 10.2. The Bertz CT molecular complexity index is 609. The van der Waals surface area contributed by atoms with Crippen molar-refractivity contribution in [1.29, 1.82) is 0 Å². The van der Waals surface area contributed by atoms with Crippen LogP contribution in [0, 0.1) is 0 Å². The molecule has 98 valence electrons. The van der Waals surface area contributed by atoms with E-state index in [1.807, 2.05) is 19.1 Å². The minimum absolute atomic E-state index is 0.181. The number of carbonyl (C=O) groups excluding carboxylic acids is 1. The molecule has 1 aliphatic heterocycles. The lowest BCUT2D eigenvalue weighted by atomic mass is 10.3. The molecule has 0 spiro atoms. The number of hydrogen-bond acceptors (Lipinski definition) is 5. The standard InChI is InChI=1S/C13H13N3O3/c1-2-18-12-8-11(19-15-12)13(17)16-7-5-9-10(16)4-3-6-14-9/h3-4,6,8H,2,5,7H2,1H3. The van der Waals surface area contributed by atoms with Crippen molar-refractivity contribution in [2.24, 2.45) is 0 Å². The van der Waals surface area contributed by atoms with Crippen LogP contribution >= 0.6 is 0 Å². The predicted octanol–water partition coefficient (Wildman–Crippen LogP) is 1.67. The molecule has 6 nitrogen and oxygen atoms in total. The van der Waals surface area contributed by atoms with Gasteiger partial charge in [-0.25, -0.2) is 0 Å². The SMILES string of the molecule is CCOc1cc(C(=O)N2CCc3ncccc32)on1. The van der Waals surface area contributed by atoms with Crippen molar-refractivity contribution < 1.29 is 14.1 Å². The Morgan fingerprint density at radius 3 is 3.32 bits per heavy atom. The molecule has 0 N–H and O–H groups in total. The number of rotatable bonds is 3. The minimum Gasteiger partial charge on any atom is -0.476 e. The molecule has 1 aliphatic rings. The van der Waals surface area contributed by atoms with Gasteiger partial charge in [-0.15, -0.1) is 0 Å². The summed E-state index contributed by atoms with van der Waals surface area (Å²) in [4.78, 5) is 18.2. The third kappa shape index (κ3) is 2.05. The normalized spacial score (nSPS) is 13.4. The van der Waals surface area contributed by atoms with E-state index in [0.717, 1.165) is 17.8 Å². The summed E-state index contributed by atoms with van der Waals surface area (Å²) in [6.07, 6.45) is 2.49. The molecule has 2 aromatic rings. The van der Waals surface area contributed by atoms with Crippen molar-refractivity contribution in [2.75, 3.05) is 18.1 Å². The highest BCUT2D eigenvalue weighted by atomic mass is 16.5. The lowest BCUT2D eigenvalue weighted by Crippen LogP contribution is -2.28. The Kier molecular flexibility index (Phi) is 2.91. The summed E-state index contributed by atoms with van der Waals surface area (Å²) in [6, 6.07) is 5.21. The number of fused-ring (bicyclic) bond motifs is 1. The predicted molar refractivity (Wildman–Crippen MR) is 67.3 cm³/mol. The van der Waals surface area contributed by atoms with E-state index in [9.17, 15) is 4.79 Å². The van der Waals surface area contributed by atoms with Crippen LogP contribution in [0.4, 0.5) is 5.69 Å². The van der Waals surface area contributed by atoms with Crippen LogP contribution in [0.25, 0.3) is 0 Å². The number of nitrogens with zero attached hydrogens (tertiary/aromatic N) is 3. The zero-order valence-corrected chi connectivity index (χ0v) is 10.5. The van der Waals surface area contributed by atoms with E-state index < -0.39 is 0 Å². The van der Waals surface area contributed by atoms with E-state index in [2.05, 4.69) is 10.1 Å². The second-order valence-electron chi connectivity index (χ2n) is 4.14. The molecular formula is C13H13N3O3. The molecule has 0 saturated carbocycles. The number of carbonyl (C=O) groups is 1. The average Bonchev–Trinajstić information content (AvgIpc) is 3.05. The van der Waals surface area contributed by atoms with Crippen molar-refractivity contribution in [1.82, 2.24) is 10.1 Å². The molecule has 3 rings (SSSR count). The molecule has 0 aliphatic carbocycles.